The van der Waals surface area contributed by atoms with E-state index in [1.165, 1.54) is 0 Å². The zero-order chi connectivity index (χ0) is 18.1. The van der Waals surface area contributed by atoms with Crippen LogP contribution in [-0.2, 0) is 11.3 Å². The van der Waals surface area contributed by atoms with Crippen LogP contribution in [0.4, 0.5) is 0 Å². The van der Waals surface area contributed by atoms with Gasteiger partial charge in [0.15, 0.2) is 0 Å². The highest BCUT2D eigenvalue weighted by Gasteiger charge is 2.14. The van der Waals surface area contributed by atoms with Crippen molar-refractivity contribution < 1.29 is 9.53 Å². The Morgan fingerprint density at radius 3 is 1.96 bits per heavy atom. The number of carbonyl (C=O) groups excluding carboxylic acids is 1. The zero-order valence-electron chi connectivity index (χ0n) is 13.7. The van der Waals surface area contributed by atoms with Gasteiger partial charge in [0, 0.05) is 19.7 Å². The average Bonchev–Trinajstić information content (AvgIpc) is 2.66. The summed E-state index contributed by atoms with van der Waals surface area (Å²) in [5, 5.41) is 4.06. The first-order chi connectivity index (χ1) is 12.6. The minimum Gasteiger partial charge on any atom is -0.457 e. The summed E-state index contributed by atoms with van der Waals surface area (Å²) < 4.78 is 7.54. The van der Waals surface area contributed by atoms with Gasteiger partial charge in [-0.05, 0) is 34.5 Å². The molecule has 4 aromatic carbocycles. The molecule has 0 amide bonds. The van der Waals surface area contributed by atoms with Crippen LogP contribution in [0.5, 0.6) is 0 Å². The van der Waals surface area contributed by atoms with Crippen molar-refractivity contribution in [1.29, 1.82) is 0 Å². The molecular weight excluding hydrogens is 456 g/mol. The van der Waals surface area contributed by atoms with Crippen LogP contribution in [0.3, 0.4) is 0 Å². The topological polar surface area (TPSA) is 26.3 Å². The number of benzene rings is 4. The van der Waals surface area contributed by atoms with E-state index in [2.05, 4.69) is 31.9 Å². The molecule has 0 saturated carbocycles. The smallest absolute Gasteiger partial charge is 0.339 e. The molecule has 0 aliphatic rings. The van der Waals surface area contributed by atoms with Crippen LogP contribution in [0.1, 0.15) is 15.9 Å². The molecule has 0 saturated heterocycles. The molecule has 4 heteroatoms. The van der Waals surface area contributed by atoms with Crippen molar-refractivity contribution in [3.8, 4) is 0 Å². The van der Waals surface area contributed by atoms with Crippen LogP contribution in [0.2, 0.25) is 0 Å². The molecule has 0 bridgehead atoms. The van der Waals surface area contributed by atoms with Gasteiger partial charge in [0.05, 0.1) is 5.56 Å². The Balaban J connectivity index is 1.67. The fourth-order valence-electron chi connectivity index (χ4n) is 3.18. The van der Waals surface area contributed by atoms with E-state index in [0.717, 1.165) is 36.1 Å². The molecule has 0 radical (unpaired) electrons. The van der Waals surface area contributed by atoms with Crippen LogP contribution >= 0.6 is 31.9 Å². The maximum atomic E-state index is 12.8. The second-order valence-corrected chi connectivity index (χ2v) is 7.68. The van der Waals surface area contributed by atoms with Gasteiger partial charge >= 0.3 is 5.97 Å². The van der Waals surface area contributed by atoms with Gasteiger partial charge in [-0.1, -0.05) is 86.5 Å². The fraction of sp³-hybridized carbons (Fsp3) is 0.0455. The Labute approximate surface area is 168 Å². The van der Waals surface area contributed by atoms with E-state index in [4.69, 9.17) is 4.74 Å². The Bertz CT molecular complexity index is 1120. The molecule has 0 heterocycles. The molecular formula is C22H14Br2O2. The van der Waals surface area contributed by atoms with E-state index in [1.807, 2.05) is 66.7 Å². The normalized spacial score (nSPS) is 11.0. The summed E-state index contributed by atoms with van der Waals surface area (Å²) in [5.41, 5.74) is 1.54. The molecule has 128 valence electrons. The summed E-state index contributed by atoms with van der Waals surface area (Å²) in [7, 11) is 0. The molecule has 0 aromatic heterocycles. The number of rotatable bonds is 3. The molecule has 2 nitrogen and oxygen atoms in total. The Kier molecular flexibility index (Phi) is 4.79. The predicted octanol–water partition coefficient (Wildman–Crippen LogP) is 6.88. The summed E-state index contributed by atoms with van der Waals surface area (Å²) in [6, 6.07) is 23.6. The fourth-order valence-corrected chi connectivity index (χ4v) is 4.41. The van der Waals surface area contributed by atoms with Crippen molar-refractivity contribution in [2.75, 3.05) is 0 Å². The average molecular weight is 470 g/mol. The Hall–Kier alpha value is -2.17. The molecule has 4 rings (SSSR count). The molecule has 0 aliphatic carbocycles. The number of carbonyl (C=O) groups is 1. The summed E-state index contributed by atoms with van der Waals surface area (Å²) in [6.07, 6.45) is 0. The lowest BCUT2D eigenvalue weighted by Gasteiger charge is -2.11. The van der Waals surface area contributed by atoms with Crippen LogP contribution in [0.15, 0.2) is 81.7 Å². The minimum atomic E-state index is -0.327. The molecule has 26 heavy (non-hydrogen) atoms. The summed E-state index contributed by atoms with van der Waals surface area (Å²) in [6.45, 7) is 0.222. The lowest BCUT2D eigenvalue weighted by atomic mass is 10.0. The van der Waals surface area contributed by atoms with E-state index in [0.29, 0.717) is 5.56 Å². The number of hydrogen-bond acceptors (Lipinski definition) is 2. The minimum absolute atomic E-state index is 0.222. The van der Waals surface area contributed by atoms with Crippen LogP contribution < -0.4 is 0 Å². The largest absolute Gasteiger partial charge is 0.457 e. The maximum Gasteiger partial charge on any atom is 0.339 e. The van der Waals surface area contributed by atoms with E-state index in [-0.39, 0.29) is 12.6 Å². The molecule has 0 N–H and O–H groups in total. The van der Waals surface area contributed by atoms with Gasteiger partial charge in [-0.2, -0.15) is 0 Å². The maximum absolute atomic E-state index is 12.8. The first-order valence-electron chi connectivity index (χ1n) is 8.15. The van der Waals surface area contributed by atoms with Crippen molar-refractivity contribution in [1.82, 2.24) is 0 Å². The van der Waals surface area contributed by atoms with Crippen LogP contribution in [0.25, 0.3) is 21.5 Å². The van der Waals surface area contributed by atoms with Gasteiger partial charge in [-0.25, -0.2) is 4.79 Å². The highest BCUT2D eigenvalue weighted by Crippen LogP contribution is 2.30. The Morgan fingerprint density at radius 2 is 1.27 bits per heavy atom. The predicted molar refractivity (Wildman–Crippen MR) is 112 cm³/mol. The van der Waals surface area contributed by atoms with E-state index in [9.17, 15) is 4.79 Å². The lowest BCUT2D eigenvalue weighted by Crippen LogP contribution is -2.06. The van der Waals surface area contributed by atoms with Gasteiger partial charge < -0.3 is 4.74 Å². The molecule has 0 atom stereocenters. The van der Waals surface area contributed by atoms with Gasteiger partial charge in [-0.15, -0.1) is 0 Å². The molecule has 0 aliphatic heterocycles. The third-order valence-corrected chi connectivity index (χ3v) is 5.69. The lowest BCUT2D eigenvalue weighted by molar-refractivity contribution is 0.0476. The molecule has 0 spiro atoms. The van der Waals surface area contributed by atoms with Crippen molar-refractivity contribution in [3.05, 3.63) is 92.9 Å². The zero-order valence-corrected chi connectivity index (χ0v) is 16.9. The third kappa shape index (κ3) is 3.15. The van der Waals surface area contributed by atoms with Crippen molar-refractivity contribution in [2.45, 2.75) is 6.61 Å². The highest BCUT2D eigenvalue weighted by atomic mass is 79.9. The van der Waals surface area contributed by atoms with Gasteiger partial charge in [-0.3, -0.25) is 0 Å². The van der Waals surface area contributed by atoms with E-state index >= 15 is 0 Å². The summed E-state index contributed by atoms with van der Waals surface area (Å²) in [5.74, 6) is -0.327. The highest BCUT2D eigenvalue weighted by molar-refractivity contribution is 9.11. The summed E-state index contributed by atoms with van der Waals surface area (Å²) in [4.78, 5) is 12.8. The van der Waals surface area contributed by atoms with Crippen LogP contribution in [-0.4, -0.2) is 5.97 Å². The number of halogens is 2. The van der Waals surface area contributed by atoms with Crippen molar-refractivity contribution in [3.63, 3.8) is 0 Å². The number of fused-ring (bicyclic) bond motifs is 2. The monoisotopic (exact) mass is 468 g/mol. The van der Waals surface area contributed by atoms with E-state index < -0.39 is 0 Å². The van der Waals surface area contributed by atoms with Gasteiger partial charge in [0.2, 0.25) is 0 Å². The number of hydrogen-bond donors (Lipinski definition) is 0. The molecule has 0 unspecified atom stereocenters. The molecule has 4 aromatic rings. The van der Waals surface area contributed by atoms with Crippen molar-refractivity contribution in [2.24, 2.45) is 0 Å². The second-order valence-electron chi connectivity index (χ2n) is 5.97. The number of ether oxygens (including phenoxy) is 1. The quantitative estimate of drug-likeness (QED) is 0.306. The Morgan fingerprint density at radius 1 is 0.731 bits per heavy atom. The van der Waals surface area contributed by atoms with Crippen molar-refractivity contribution >= 4 is 59.4 Å². The first-order valence-corrected chi connectivity index (χ1v) is 9.74. The standard InChI is InChI=1S/C22H14Br2O2/c23-18-11-3-7-14-5-1-9-16(20(14)18)13-26-22(25)17-10-2-6-15-8-4-12-19(24)21(15)17/h1-12H,13H2. The van der Waals surface area contributed by atoms with Gasteiger partial charge in [0.25, 0.3) is 0 Å². The molecule has 0 fully saturated rings. The third-order valence-electron chi connectivity index (χ3n) is 4.37. The van der Waals surface area contributed by atoms with E-state index in [1.54, 1.807) is 6.07 Å². The van der Waals surface area contributed by atoms with Crippen LogP contribution in [0, 0.1) is 0 Å². The summed E-state index contributed by atoms with van der Waals surface area (Å²) >= 11 is 7.14. The first kappa shape index (κ1) is 17.3. The second kappa shape index (κ2) is 7.22. The van der Waals surface area contributed by atoms with Gasteiger partial charge in [0.1, 0.15) is 6.61 Å². The SMILES string of the molecule is O=C(OCc1cccc2cccc(Br)c12)c1cccc2cccc(Br)c12. The number of esters is 1.